The van der Waals surface area contributed by atoms with Crippen molar-refractivity contribution in [3.8, 4) is 0 Å². The van der Waals surface area contributed by atoms with E-state index in [1.54, 1.807) is 19.9 Å². The third kappa shape index (κ3) is 6.02. The van der Waals surface area contributed by atoms with Crippen LogP contribution in [0.5, 0.6) is 0 Å². The Balaban J connectivity index is 1.17. The fourth-order valence-corrected chi connectivity index (χ4v) is 5.21. The van der Waals surface area contributed by atoms with Gasteiger partial charge in [-0.3, -0.25) is 4.90 Å². The number of amides is 1. The molecule has 1 aromatic carbocycles. The quantitative estimate of drug-likeness (QED) is 0.515. The number of aliphatic hydroxyl groups is 1. The molecule has 4 heterocycles. The van der Waals surface area contributed by atoms with Crippen LogP contribution in [0.3, 0.4) is 0 Å². The van der Waals surface area contributed by atoms with E-state index in [-0.39, 0.29) is 25.0 Å². The number of esters is 1. The van der Waals surface area contributed by atoms with E-state index in [1.807, 2.05) is 30.3 Å². The second-order valence-electron chi connectivity index (χ2n) is 10.3. The van der Waals surface area contributed by atoms with Crippen LogP contribution < -0.4 is 5.32 Å². The summed E-state index contributed by atoms with van der Waals surface area (Å²) >= 11 is 0. The first-order valence-electron chi connectivity index (χ1n) is 12.9. The van der Waals surface area contributed by atoms with E-state index >= 15 is 0 Å². The van der Waals surface area contributed by atoms with Gasteiger partial charge in [0.05, 0.1) is 19.4 Å². The van der Waals surface area contributed by atoms with E-state index in [4.69, 9.17) is 28.1 Å². The Morgan fingerprint density at radius 2 is 1.89 bits per heavy atom. The molecule has 0 aliphatic carbocycles. The molecule has 0 unspecified atom stereocenters. The van der Waals surface area contributed by atoms with E-state index in [0.717, 1.165) is 5.56 Å². The second-order valence-corrected chi connectivity index (χ2v) is 10.3. The summed E-state index contributed by atoms with van der Waals surface area (Å²) in [6.45, 7) is 5.33. The Hall–Kier alpha value is -2.96. The van der Waals surface area contributed by atoms with E-state index in [9.17, 15) is 14.7 Å². The molecular weight excluding hydrogens is 496 g/mol. The highest BCUT2D eigenvalue weighted by Crippen LogP contribution is 2.44. The number of aliphatic hydroxyl groups excluding tert-OH is 1. The summed E-state index contributed by atoms with van der Waals surface area (Å²) in [4.78, 5) is 27.0. The van der Waals surface area contributed by atoms with Crippen molar-refractivity contribution in [2.24, 2.45) is 0 Å². The predicted molar refractivity (Wildman–Crippen MR) is 132 cm³/mol. The van der Waals surface area contributed by atoms with Crippen molar-refractivity contribution in [3.05, 3.63) is 60.1 Å². The number of alkyl carbamates (subject to hydrolysis) is 1. The highest BCUT2D eigenvalue weighted by molar-refractivity contribution is 5.86. The summed E-state index contributed by atoms with van der Waals surface area (Å²) in [5.74, 6) is -2.93. The number of nitrogens with one attached hydrogen (secondary N) is 1. The van der Waals surface area contributed by atoms with Gasteiger partial charge >= 0.3 is 12.1 Å². The van der Waals surface area contributed by atoms with Crippen LogP contribution in [-0.2, 0) is 30.3 Å². The smallest absolute Gasteiger partial charge is 0.407 e. The van der Waals surface area contributed by atoms with Crippen LogP contribution in [0.2, 0.25) is 0 Å². The van der Waals surface area contributed by atoms with Gasteiger partial charge in [-0.15, -0.1) is 0 Å². The third-order valence-corrected chi connectivity index (χ3v) is 6.97. The van der Waals surface area contributed by atoms with E-state index in [2.05, 4.69) is 10.2 Å². The number of likely N-dealkylation sites (tertiary alicyclic amines) is 1. The Bertz CT molecular complexity index is 1090. The molecule has 3 fully saturated rings. The van der Waals surface area contributed by atoms with Gasteiger partial charge < -0.3 is 38.5 Å². The average Bonchev–Trinajstić information content (AvgIpc) is 3.53. The summed E-state index contributed by atoms with van der Waals surface area (Å²) in [5.41, 5.74) is 0.929. The summed E-state index contributed by atoms with van der Waals surface area (Å²) in [5, 5.41) is 13.6. The topological polar surface area (TPSA) is 129 Å². The average molecular weight is 531 g/mol. The zero-order chi connectivity index (χ0) is 26.8. The first kappa shape index (κ1) is 26.6. The van der Waals surface area contributed by atoms with Crippen molar-refractivity contribution in [3.63, 3.8) is 0 Å². The van der Waals surface area contributed by atoms with Crippen LogP contribution >= 0.6 is 0 Å². The normalized spacial score (nSPS) is 29.4. The molecule has 206 valence electrons. The minimum atomic E-state index is -1.24. The van der Waals surface area contributed by atoms with Gasteiger partial charge in [0.1, 0.15) is 12.7 Å². The van der Waals surface area contributed by atoms with Crippen molar-refractivity contribution >= 4 is 12.1 Å². The van der Waals surface area contributed by atoms with Gasteiger partial charge in [0.15, 0.2) is 18.0 Å². The molecule has 1 amide bonds. The zero-order valence-corrected chi connectivity index (χ0v) is 21.5. The molecule has 0 saturated carbocycles. The van der Waals surface area contributed by atoms with Gasteiger partial charge in [0.2, 0.25) is 11.5 Å². The van der Waals surface area contributed by atoms with E-state index in [0.29, 0.717) is 32.5 Å². The van der Waals surface area contributed by atoms with Gasteiger partial charge in [0, 0.05) is 19.1 Å². The number of piperidine rings is 1. The van der Waals surface area contributed by atoms with Gasteiger partial charge in [-0.2, -0.15) is 0 Å². The zero-order valence-electron chi connectivity index (χ0n) is 21.5. The minimum Gasteiger partial charge on any atom is -0.457 e. The number of carbonyl (C=O) groups excluding carboxylic acids is 2. The first-order chi connectivity index (χ1) is 18.2. The van der Waals surface area contributed by atoms with Gasteiger partial charge in [-0.1, -0.05) is 30.3 Å². The number of benzene rings is 1. The number of furan rings is 1. The van der Waals surface area contributed by atoms with Crippen molar-refractivity contribution < 1.29 is 42.8 Å². The molecule has 3 saturated heterocycles. The lowest BCUT2D eigenvalue weighted by Gasteiger charge is -2.45. The number of rotatable bonds is 7. The number of nitrogens with zero attached hydrogens (tertiary/aromatic N) is 1. The fourth-order valence-electron chi connectivity index (χ4n) is 5.21. The number of hydrogen-bond acceptors (Lipinski definition) is 10. The molecule has 1 aromatic heterocycles. The third-order valence-electron chi connectivity index (χ3n) is 6.97. The highest BCUT2D eigenvalue weighted by Gasteiger charge is 2.63. The molecule has 0 radical (unpaired) electrons. The van der Waals surface area contributed by atoms with Crippen LogP contribution in [-0.4, -0.2) is 84.2 Å². The molecule has 38 heavy (non-hydrogen) atoms. The molecule has 11 nitrogen and oxygen atoms in total. The SMILES string of the molecule is CC1(C)O[C@H]2[C@H](OC(=O)c3ccco3)[C@H](O)CO[C@@]2(CN2CCC(NC(=O)OCc3ccccc3)CC2)O1. The first-order valence-corrected chi connectivity index (χ1v) is 12.9. The Morgan fingerprint density at radius 3 is 2.61 bits per heavy atom. The highest BCUT2D eigenvalue weighted by atomic mass is 16.8. The Labute approximate surface area is 220 Å². The predicted octanol–water partition coefficient (Wildman–Crippen LogP) is 2.43. The lowest BCUT2D eigenvalue weighted by atomic mass is 9.95. The van der Waals surface area contributed by atoms with Crippen LogP contribution in [0.1, 0.15) is 42.8 Å². The Kier molecular flexibility index (Phi) is 7.73. The molecule has 4 atom stereocenters. The molecule has 3 aliphatic heterocycles. The monoisotopic (exact) mass is 530 g/mol. The summed E-state index contributed by atoms with van der Waals surface area (Å²) in [6, 6.07) is 12.6. The maximum atomic E-state index is 12.6. The number of carbonyl (C=O) groups is 2. The van der Waals surface area contributed by atoms with Gasteiger partial charge in [0.25, 0.3) is 0 Å². The molecular formula is C27H34N2O9. The molecule has 5 rings (SSSR count). The standard InChI is InChI=1S/C27H34N2O9/c1-26(2)37-23-22(36-24(31)21-9-6-14-33-21)20(30)16-35-27(23,38-26)17-29-12-10-19(11-13-29)28-25(32)34-15-18-7-4-3-5-8-18/h3-9,14,19-20,22-23,30H,10-13,15-17H2,1-2H3,(H,28,32)/t20-,22-,23+,27+/m1/s1. The molecule has 11 heteroatoms. The molecule has 0 bridgehead atoms. The van der Waals surface area contributed by atoms with Crippen molar-refractivity contribution in [1.29, 1.82) is 0 Å². The number of hydrogen-bond donors (Lipinski definition) is 2. The molecule has 0 spiro atoms. The molecule has 3 aliphatic rings. The lowest BCUT2D eigenvalue weighted by molar-refractivity contribution is -0.297. The van der Waals surface area contributed by atoms with Gasteiger partial charge in [-0.05, 0) is 44.4 Å². The molecule has 2 N–H and O–H groups in total. The number of fused-ring (bicyclic) bond motifs is 1. The number of ether oxygens (including phenoxy) is 5. The summed E-state index contributed by atoms with van der Waals surface area (Å²) < 4.78 is 34.6. The van der Waals surface area contributed by atoms with E-state index < -0.39 is 41.9 Å². The second kappa shape index (κ2) is 11.0. The lowest BCUT2D eigenvalue weighted by Crippen LogP contribution is -2.64. The largest absolute Gasteiger partial charge is 0.457 e. The van der Waals surface area contributed by atoms with E-state index in [1.165, 1.54) is 12.3 Å². The minimum absolute atomic E-state index is 0.0175. The van der Waals surface area contributed by atoms with Crippen LogP contribution in [0.15, 0.2) is 53.1 Å². The van der Waals surface area contributed by atoms with Crippen LogP contribution in [0.25, 0.3) is 0 Å². The maximum Gasteiger partial charge on any atom is 0.407 e. The summed E-state index contributed by atoms with van der Waals surface area (Å²) in [7, 11) is 0. The van der Waals surface area contributed by atoms with Crippen molar-refractivity contribution in [1.82, 2.24) is 10.2 Å². The summed E-state index contributed by atoms with van der Waals surface area (Å²) in [6.07, 6.45) is -0.602. The fraction of sp³-hybridized carbons (Fsp3) is 0.556. The van der Waals surface area contributed by atoms with Gasteiger partial charge in [-0.25, -0.2) is 9.59 Å². The van der Waals surface area contributed by atoms with Crippen LogP contribution in [0.4, 0.5) is 4.79 Å². The Morgan fingerprint density at radius 1 is 1.13 bits per heavy atom. The molecule has 2 aromatic rings. The van der Waals surface area contributed by atoms with Crippen molar-refractivity contribution in [2.75, 3.05) is 26.2 Å². The maximum absolute atomic E-state index is 12.6. The van der Waals surface area contributed by atoms with Crippen LogP contribution in [0, 0.1) is 0 Å². The van der Waals surface area contributed by atoms with Crippen molar-refractivity contribution in [2.45, 2.75) is 69.2 Å².